The van der Waals surface area contributed by atoms with Gasteiger partial charge < -0.3 is 25.8 Å². The van der Waals surface area contributed by atoms with Gasteiger partial charge >= 0.3 is 13.1 Å². The molecule has 0 radical (unpaired) electrons. The summed E-state index contributed by atoms with van der Waals surface area (Å²) in [5.41, 5.74) is 5.47. The zero-order valence-electron chi connectivity index (χ0n) is 17.5. The third-order valence-corrected chi connectivity index (χ3v) is 5.95. The highest BCUT2D eigenvalue weighted by atomic mass is 35.5. The van der Waals surface area contributed by atoms with Crippen LogP contribution in [0.15, 0.2) is 18.2 Å². The van der Waals surface area contributed by atoms with E-state index >= 15 is 0 Å². The van der Waals surface area contributed by atoms with Crippen LogP contribution in [-0.4, -0.2) is 58.3 Å². The molecule has 6 nitrogen and oxygen atoms in total. The van der Waals surface area contributed by atoms with Crippen LogP contribution in [0, 0.1) is 17.6 Å². The van der Waals surface area contributed by atoms with Gasteiger partial charge in [-0.25, -0.2) is 8.78 Å². The third kappa shape index (κ3) is 9.20. The molecule has 1 aliphatic heterocycles. The lowest BCUT2D eigenvalue weighted by Crippen LogP contribution is -2.57. The van der Waals surface area contributed by atoms with Gasteiger partial charge in [-0.3, -0.25) is 4.79 Å². The predicted molar refractivity (Wildman–Crippen MR) is 122 cm³/mol. The molecule has 2 rings (SSSR count). The van der Waals surface area contributed by atoms with Crippen molar-refractivity contribution in [2.45, 2.75) is 56.8 Å². The normalized spacial score (nSPS) is 16.7. The average Bonchev–Trinajstić information content (AvgIpc) is 2.67. The molecule has 1 aliphatic rings. The molecule has 0 aliphatic carbocycles. The number of aliphatic carboxylic acids is 1. The molecule has 0 spiro atoms. The molecule has 1 heterocycles. The van der Waals surface area contributed by atoms with Crippen LogP contribution < -0.4 is 5.73 Å². The number of aryl methyl sites for hydroxylation is 1. The van der Waals surface area contributed by atoms with E-state index < -0.39 is 30.3 Å². The molecule has 1 aromatic rings. The Bertz CT molecular complexity index is 683. The van der Waals surface area contributed by atoms with E-state index in [1.54, 1.807) is 0 Å². The summed E-state index contributed by atoms with van der Waals surface area (Å²) in [5, 5.41) is 27.5. The minimum absolute atomic E-state index is 0. The number of hydrogen-bond acceptors (Lipinski definition) is 5. The fourth-order valence-electron chi connectivity index (χ4n) is 4.12. The summed E-state index contributed by atoms with van der Waals surface area (Å²) >= 11 is 0. The van der Waals surface area contributed by atoms with Crippen LogP contribution in [0.5, 0.6) is 0 Å². The summed E-state index contributed by atoms with van der Waals surface area (Å²) in [6.07, 6.45) is 4.19. The van der Waals surface area contributed by atoms with Gasteiger partial charge in [0, 0.05) is 6.07 Å². The number of nitrogens with zero attached hydrogens (tertiary/aromatic N) is 1. The monoisotopic (exact) mass is 484 g/mol. The van der Waals surface area contributed by atoms with Gasteiger partial charge in [0.2, 0.25) is 0 Å². The van der Waals surface area contributed by atoms with E-state index in [0.29, 0.717) is 44.1 Å². The average molecular weight is 485 g/mol. The molecule has 0 saturated carbocycles. The molecule has 1 unspecified atom stereocenters. The van der Waals surface area contributed by atoms with Crippen molar-refractivity contribution in [2.24, 2.45) is 11.7 Å². The summed E-state index contributed by atoms with van der Waals surface area (Å²) in [6, 6.07) is 3.63. The van der Waals surface area contributed by atoms with Gasteiger partial charge in [0.15, 0.2) is 0 Å². The second-order valence-electron chi connectivity index (χ2n) is 8.03. The van der Waals surface area contributed by atoms with Gasteiger partial charge in [0.05, 0.1) is 0 Å². The highest BCUT2D eigenvalue weighted by Crippen LogP contribution is 2.31. The van der Waals surface area contributed by atoms with E-state index in [9.17, 15) is 18.7 Å². The van der Waals surface area contributed by atoms with Gasteiger partial charge in [0.1, 0.15) is 17.2 Å². The van der Waals surface area contributed by atoms with Crippen molar-refractivity contribution in [1.82, 2.24) is 4.90 Å². The topological polar surface area (TPSA) is 107 Å². The molecule has 5 N–H and O–H groups in total. The van der Waals surface area contributed by atoms with Crippen molar-refractivity contribution >= 4 is 37.9 Å². The SMILES string of the molecule is Cl.Cl.NC(CCCCB(O)O)(C(=O)O)C1CCN(CCCc2ccc(F)cc2F)CC1. The van der Waals surface area contributed by atoms with Crippen LogP contribution in [0.4, 0.5) is 8.78 Å². The van der Waals surface area contributed by atoms with Crippen LogP contribution in [0.1, 0.15) is 44.1 Å². The first-order chi connectivity index (χ1) is 13.7. The molecule has 1 saturated heterocycles. The molecule has 0 aromatic heterocycles. The number of carboxylic acids is 1. The molecule has 31 heavy (non-hydrogen) atoms. The number of unbranched alkanes of at least 4 members (excludes halogenated alkanes) is 1. The van der Waals surface area contributed by atoms with Crippen LogP contribution in [-0.2, 0) is 11.2 Å². The van der Waals surface area contributed by atoms with Crippen molar-refractivity contribution in [3.05, 3.63) is 35.4 Å². The molecule has 1 aromatic carbocycles. The zero-order valence-corrected chi connectivity index (χ0v) is 19.1. The fraction of sp³-hybridized carbons (Fsp3) is 0.650. The van der Waals surface area contributed by atoms with Gasteiger partial charge in [-0.2, -0.15) is 0 Å². The number of rotatable bonds is 11. The first-order valence-corrected chi connectivity index (χ1v) is 10.3. The number of halogens is 4. The minimum Gasteiger partial charge on any atom is -0.480 e. The molecule has 1 atom stereocenters. The van der Waals surface area contributed by atoms with E-state index in [1.807, 2.05) is 0 Å². The highest BCUT2D eigenvalue weighted by Gasteiger charge is 2.42. The lowest BCUT2D eigenvalue weighted by atomic mass is 9.74. The molecular weight excluding hydrogens is 452 g/mol. The molecule has 0 bridgehead atoms. The Morgan fingerprint density at radius 3 is 2.35 bits per heavy atom. The van der Waals surface area contributed by atoms with E-state index in [4.69, 9.17) is 15.8 Å². The standard InChI is InChI=1S/C20H31BF2N2O4.2ClH/c22-17-6-5-15(18(23)14-17)4-3-11-25-12-7-16(8-13-25)20(24,19(26)27)9-1-2-10-21(28)29;;/h5-6,14,16,28-29H,1-4,7-13,24H2,(H,26,27);2*1H. The Hall–Kier alpha value is -0.965. The Kier molecular flexibility index (Phi) is 13.8. The Morgan fingerprint density at radius 2 is 1.81 bits per heavy atom. The fourth-order valence-corrected chi connectivity index (χ4v) is 4.12. The maximum absolute atomic E-state index is 13.7. The number of piperidine rings is 1. The Balaban J connectivity index is 0.00000450. The van der Waals surface area contributed by atoms with E-state index in [1.165, 1.54) is 12.1 Å². The second-order valence-corrected chi connectivity index (χ2v) is 8.03. The molecule has 11 heteroatoms. The number of hydrogen-bond donors (Lipinski definition) is 4. The quantitative estimate of drug-likeness (QED) is 0.284. The van der Waals surface area contributed by atoms with Crippen LogP contribution in [0.3, 0.4) is 0 Å². The molecular formula is C20H33BCl2F2N2O4. The maximum Gasteiger partial charge on any atom is 0.451 e. The number of nitrogens with two attached hydrogens (primary N) is 1. The predicted octanol–water partition coefficient (Wildman–Crippen LogP) is 2.88. The van der Waals surface area contributed by atoms with E-state index in [2.05, 4.69) is 4.90 Å². The number of carboxylic acid groups (broad SMARTS) is 1. The summed E-state index contributed by atoms with van der Waals surface area (Å²) in [6.45, 7) is 2.23. The van der Waals surface area contributed by atoms with Crippen LogP contribution in [0.25, 0.3) is 0 Å². The van der Waals surface area contributed by atoms with Gasteiger partial charge in [-0.05, 0) is 75.6 Å². The van der Waals surface area contributed by atoms with Gasteiger partial charge in [-0.15, -0.1) is 24.8 Å². The summed E-state index contributed by atoms with van der Waals surface area (Å²) in [4.78, 5) is 14.0. The second kappa shape index (κ2) is 14.2. The first kappa shape index (κ1) is 30.0. The molecule has 1 fully saturated rings. The van der Waals surface area contributed by atoms with Crippen molar-refractivity contribution in [3.8, 4) is 0 Å². The summed E-state index contributed by atoms with van der Waals surface area (Å²) in [7, 11) is -1.38. The molecule has 178 valence electrons. The van der Waals surface area contributed by atoms with Gasteiger partial charge in [-0.1, -0.05) is 18.9 Å². The van der Waals surface area contributed by atoms with Crippen LogP contribution >= 0.6 is 24.8 Å². The Morgan fingerprint density at radius 1 is 1.16 bits per heavy atom. The maximum atomic E-state index is 13.7. The molecule has 0 amide bonds. The number of carbonyl (C=O) groups is 1. The zero-order chi connectivity index (χ0) is 21.4. The van der Waals surface area contributed by atoms with Crippen molar-refractivity contribution in [1.29, 1.82) is 0 Å². The first-order valence-electron chi connectivity index (χ1n) is 10.3. The van der Waals surface area contributed by atoms with Crippen molar-refractivity contribution < 1.29 is 28.7 Å². The van der Waals surface area contributed by atoms with Crippen molar-refractivity contribution in [2.75, 3.05) is 19.6 Å². The smallest absolute Gasteiger partial charge is 0.451 e. The third-order valence-electron chi connectivity index (χ3n) is 5.95. The van der Waals surface area contributed by atoms with E-state index in [-0.39, 0.29) is 37.1 Å². The lowest BCUT2D eigenvalue weighted by molar-refractivity contribution is -0.147. The van der Waals surface area contributed by atoms with Crippen LogP contribution in [0.2, 0.25) is 6.32 Å². The highest BCUT2D eigenvalue weighted by molar-refractivity contribution is 6.40. The van der Waals surface area contributed by atoms with Crippen molar-refractivity contribution in [3.63, 3.8) is 0 Å². The largest absolute Gasteiger partial charge is 0.480 e. The van der Waals surface area contributed by atoms with E-state index in [0.717, 1.165) is 32.1 Å². The summed E-state index contributed by atoms with van der Waals surface area (Å²) < 4.78 is 26.7. The lowest BCUT2D eigenvalue weighted by Gasteiger charge is -2.40. The summed E-state index contributed by atoms with van der Waals surface area (Å²) in [5.74, 6) is -2.24. The number of likely N-dealkylation sites (tertiary alicyclic amines) is 1. The minimum atomic E-state index is -1.38. The Labute approximate surface area is 195 Å². The number of benzene rings is 1. The van der Waals surface area contributed by atoms with Gasteiger partial charge in [0.25, 0.3) is 0 Å².